The minimum atomic E-state index is -0.777. The molecule has 0 spiro atoms. The lowest BCUT2D eigenvalue weighted by Crippen LogP contribution is -2.43. The molecule has 1 aliphatic heterocycles. The second-order valence-electron chi connectivity index (χ2n) is 4.74. The number of rotatable bonds is 4. The first kappa shape index (κ1) is 13.0. The highest BCUT2D eigenvalue weighted by Crippen LogP contribution is 2.12. The van der Waals surface area contributed by atoms with Gasteiger partial charge in [0.25, 0.3) is 0 Å². The first-order valence-corrected chi connectivity index (χ1v) is 6.41. The smallest absolute Gasteiger partial charge is 0.234 e. The van der Waals surface area contributed by atoms with E-state index >= 15 is 0 Å². The van der Waals surface area contributed by atoms with Gasteiger partial charge < -0.3 is 5.32 Å². The summed E-state index contributed by atoms with van der Waals surface area (Å²) in [6.07, 6.45) is 0.690. The summed E-state index contributed by atoms with van der Waals surface area (Å²) in [5.41, 5.74) is 1.08. The first-order valence-electron chi connectivity index (χ1n) is 6.41. The number of alkyl halides is 1. The van der Waals surface area contributed by atoms with Gasteiger partial charge in [0.05, 0.1) is 6.54 Å². The van der Waals surface area contributed by atoms with Crippen molar-refractivity contribution in [2.24, 2.45) is 0 Å². The maximum Gasteiger partial charge on any atom is 0.234 e. The third kappa shape index (κ3) is 4.11. The van der Waals surface area contributed by atoms with Crippen molar-refractivity contribution < 1.29 is 9.18 Å². The van der Waals surface area contributed by atoms with Gasteiger partial charge in [-0.2, -0.15) is 0 Å². The lowest BCUT2D eigenvalue weighted by molar-refractivity contribution is -0.122. The lowest BCUT2D eigenvalue weighted by atomic mass is 10.1. The second-order valence-corrected chi connectivity index (χ2v) is 4.74. The molecular weight excluding hydrogens is 231 g/mol. The van der Waals surface area contributed by atoms with Gasteiger partial charge in [-0.25, -0.2) is 4.39 Å². The van der Waals surface area contributed by atoms with Gasteiger partial charge in [0.2, 0.25) is 5.91 Å². The number of benzene rings is 1. The largest absolute Gasteiger partial charge is 0.351 e. The summed E-state index contributed by atoms with van der Waals surface area (Å²) in [6, 6.07) is 9.78. The monoisotopic (exact) mass is 250 g/mol. The summed E-state index contributed by atoms with van der Waals surface area (Å²) < 4.78 is 13.2. The normalized spacial score (nSPS) is 20.6. The highest BCUT2D eigenvalue weighted by Gasteiger charge is 2.20. The summed E-state index contributed by atoms with van der Waals surface area (Å²) >= 11 is 0. The van der Waals surface area contributed by atoms with Crippen molar-refractivity contribution in [1.29, 1.82) is 0 Å². The molecule has 0 aromatic heterocycles. The van der Waals surface area contributed by atoms with E-state index in [0.717, 1.165) is 18.5 Å². The molecule has 1 heterocycles. The Bertz CT molecular complexity index is 383. The zero-order valence-corrected chi connectivity index (χ0v) is 10.4. The highest BCUT2D eigenvalue weighted by atomic mass is 19.1. The third-order valence-corrected chi connectivity index (χ3v) is 3.15. The number of halogens is 1. The standard InChI is InChI=1S/C14H19FN2O/c15-13-7-4-8-17(10-13)11-14(18)16-9-12-5-2-1-3-6-12/h1-3,5-6,13H,4,7-11H2,(H,16,18). The van der Waals surface area contributed by atoms with Crippen molar-refractivity contribution in [3.8, 4) is 0 Å². The van der Waals surface area contributed by atoms with Crippen LogP contribution in [-0.4, -0.2) is 36.6 Å². The molecule has 0 saturated carbocycles. The molecule has 1 aromatic rings. The average Bonchev–Trinajstić information content (AvgIpc) is 2.38. The van der Waals surface area contributed by atoms with Gasteiger partial charge in [-0.15, -0.1) is 0 Å². The van der Waals surface area contributed by atoms with Crippen LogP contribution in [0, 0.1) is 0 Å². The first-order chi connectivity index (χ1) is 8.74. The van der Waals surface area contributed by atoms with Gasteiger partial charge in [-0.05, 0) is 24.9 Å². The maximum absolute atomic E-state index is 13.2. The Kier molecular flexibility index (Phi) is 4.70. The second kappa shape index (κ2) is 6.50. The predicted octanol–water partition coefficient (Wildman–Crippen LogP) is 1.74. The molecule has 3 nitrogen and oxygen atoms in total. The number of likely N-dealkylation sites (tertiary alicyclic amines) is 1. The van der Waals surface area contributed by atoms with Crippen molar-refractivity contribution in [2.75, 3.05) is 19.6 Å². The maximum atomic E-state index is 13.2. The molecular formula is C14H19FN2O. The molecule has 2 rings (SSSR count). The summed E-state index contributed by atoms with van der Waals surface area (Å²) in [7, 11) is 0. The number of piperidine rings is 1. The van der Waals surface area contributed by atoms with E-state index in [0.29, 0.717) is 26.1 Å². The minimum Gasteiger partial charge on any atom is -0.351 e. The molecule has 1 atom stereocenters. The predicted molar refractivity (Wildman–Crippen MR) is 68.9 cm³/mol. The van der Waals surface area contributed by atoms with E-state index in [9.17, 15) is 9.18 Å². The fourth-order valence-corrected chi connectivity index (χ4v) is 2.20. The van der Waals surface area contributed by atoms with Gasteiger partial charge in [0, 0.05) is 13.1 Å². The van der Waals surface area contributed by atoms with Crippen molar-refractivity contribution in [2.45, 2.75) is 25.6 Å². The van der Waals surface area contributed by atoms with Crippen LogP contribution in [0.15, 0.2) is 30.3 Å². The van der Waals surface area contributed by atoms with Crippen molar-refractivity contribution >= 4 is 5.91 Å². The van der Waals surface area contributed by atoms with Crippen molar-refractivity contribution in [1.82, 2.24) is 10.2 Å². The summed E-state index contributed by atoms with van der Waals surface area (Å²) in [4.78, 5) is 13.6. The van der Waals surface area contributed by atoms with E-state index in [4.69, 9.17) is 0 Å². The fraction of sp³-hybridized carbons (Fsp3) is 0.500. The number of hydrogen-bond acceptors (Lipinski definition) is 2. The third-order valence-electron chi connectivity index (χ3n) is 3.15. The molecule has 0 radical (unpaired) electrons. The van der Waals surface area contributed by atoms with Gasteiger partial charge in [-0.1, -0.05) is 30.3 Å². The summed E-state index contributed by atoms with van der Waals surface area (Å²) in [5.74, 6) is -0.0343. The van der Waals surface area contributed by atoms with Crippen LogP contribution in [0.4, 0.5) is 4.39 Å². The SMILES string of the molecule is O=C(CN1CCCC(F)C1)NCc1ccccc1. The molecule has 1 aromatic carbocycles. The summed E-state index contributed by atoms with van der Waals surface area (Å²) in [5, 5.41) is 2.86. The fourth-order valence-electron chi connectivity index (χ4n) is 2.20. The number of hydrogen-bond donors (Lipinski definition) is 1. The Morgan fingerprint density at radius 3 is 2.89 bits per heavy atom. The molecule has 4 heteroatoms. The topological polar surface area (TPSA) is 32.3 Å². The molecule has 98 valence electrons. The Morgan fingerprint density at radius 2 is 2.17 bits per heavy atom. The number of carbonyl (C=O) groups is 1. The van der Waals surface area contributed by atoms with E-state index in [-0.39, 0.29) is 5.91 Å². The van der Waals surface area contributed by atoms with E-state index in [1.54, 1.807) is 0 Å². The Morgan fingerprint density at radius 1 is 1.39 bits per heavy atom. The van der Waals surface area contributed by atoms with Crippen molar-refractivity contribution in [3.63, 3.8) is 0 Å². The Labute approximate surface area is 107 Å². The highest BCUT2D eigenvalue weighted by molar-refractivity contribution is 5.78. The number of nitrogens with one attached hydrogen (secondary N) is 1. The lowest BCUT2D eigenvalue weighted by Gasteiger charge is -2.28. The Balaban J connectivity index is 1.72. The molecule has 1 amide bonds. The zero-order valence-electron chi connectivity index (χ0n) is 10.4. The van der Waals surface area contributed by atoms with Gasteiger partial charge in [-0.3, -0.25) is 9.69 Å². The molecule has 1 aliphatic rings. The van der Waals surface area contributed by atoms with E-state index in [2.05, 4.69) is 5.32 Å². The Hall–Kier alpha value is -1.42. The zero-order chi connectivity index (χ0) is 12.8. The van der Waals surface area contributed by atoms with E-state index in [1.165, 1.54) is 0 Å². The van der Waals surface area contributed by atoms with Crippen LogP contribution < -0.4 is 5.32 Å². The molecule has 18 heavy (non-hydrogen) atoms. The van der Waals surface area contributed by atoms with Crippen LogP contribution >= 0.6 is 0 Å². The van der Waals surface area contributed by atoms with Crippen LogP contribution in [0.5, 0.6) is 0 Å². The number of amides is 1. The van der Waals surface area contributed by atoms with Crippen LogP contribution in [0.1, 0.15) is 18.4 Å². The van der Waals surface area contributed by atoms with Gasteiger partial charge in [0.1, 0.15) is 6.17 Å². The van der Waals surface area contributed by atoms with E-state index in [1.807, 2.05) is 35.2 Å². The van der Waals surface area contributed by atoms with Crippen LogP contribution in [0.25, 0.3) is 0 Å². The van der Waals surface area contributed by atoms with Crippen LogP contribution in [0.3, 0.4) is 0 Å². The molecule has 1 saturated heterocycles. The van der Waals surface area contributed by atoms with E-state index < -0.39 is 6.17 Å². The molecule has 1 unspecified atom stereocenters. The average molecular weight is 250 g/mol. The van der Waals surface area contributed by atoms with Gasteiger partial charge in [0.15, 0.2) is 0 Å². The quantitative estimate of drug-likeness (QED) is 0.882. The van der Waals surface area contributed by atoms with Crippen LogP contribution in [-0.2, 0) is 11.3 Å². The molecule has 0 aliphatic carbocycles. The molecule has 1 fully saturated rings. The summed E-state index contributed by atoms with van der Waals surface area (Å²) in [6.45, 7) is 2.04. The molecule has 0 bridgehead atoms. The number of carbonyl (C=O) groups excluding carboxylic acids is 1. The minimum absolute atomic E-state index is 0.0343. The van der Waals surface area contributed by atoms with Crippen molar-refractivity contribution in [3.05, 3.63) is 35.9 Å². The van der Waals surface area contributed by atoms with Crippen LogP contribution in [0.2, 0.25) is 0 Å². The van der Waals surface area contributed by atoms with Gasteiger partial charge >= 0.3 is 0 Å². The molecule has 1 N–H and O–H groups in total. The number of nitrogens with zero attached hydrogens (tertiary/aromatic N) is 1.